The number of sulfonamides is 1. The molecule has 1 aromatic carbocycles. The Bertz CT molecular complexity index is 523. The summed E-state index contributed by atoms with van der Waals surface area (Å²) in [5.41, 5.74) is 1.10. The number of hydrogen-bond donors (Lipinski definition) is 2. The Labute approximate surface area is 120 Å². The summed E-state index contributed by atoms with van der Waals surface area (Å²) in [4.78, 5) is 10.5. The second kappa shape index (κ2) is 8.01. The van der Waals surface area contributed by atoms with Crippen molar-refractivity contribution in [2.45, 2.75) is 43.9 Å². The Morgan fingerprint density at radius 1 is 1.15 bits per heavy atom. The molecule has 0 saturated heterocycles. The lowest BCUT2D eigenvalue weighted by atomic mass is 10.1. The minimum Gasteiger partial charge on any atom is -0.480 e. The van der Waals surface area contributed by atoms with Crippen LogP contribution in [0.1, 0.15) is 38.2 Å². The van der Waals surface area contributed by atoms with E-state index in [-0.39, 0.29) is 4.90 Å². The summed E-state index contributed by atoms with van der Waals surface area (Å²) in [5.74, 6) is -1.21. The van der Waals surface area contributed by atoms with E-state index in [9.17, 15) is 13.2 Å². The van der Waals surface area contributed by atoms with Crippen LogP contribution in [0.5, 0.6) is 0 Å². The van der Waals surface area contributed by atoms with Crippen LogP contribution in [0.15, 0.2) is 29.2 Å². The molecule has 0 aromatic heterocycles. The van der Waals surface area contributed by atoms with Crippen molar-refractivity contribution in [3.63, 3.8) is 0 Å². The first-order chi connectivity index (χ1) is 9.45. The van der Waals surface area contributed by atoms with Gasteiger partial charge in [-0.2, -0.15) is 4.72 Å². The van der Waals surface area contributed by atoms with Gasteiger partial charge in [-0.3, -0.25) is 4.79 Å². The van der Waals surface area contributed by atoms with Crippen LogP contribution in [0.25, 0.3) is 0 Å². The summed E-state index contributed by atoms with van der Waals surface area (Å²) in [5, 5.41) is 8.48. The highest BCUT2D eigenvalue weighted by atomic mass is 32.2. The maximum absolute atomic E-state index is 11.8. The number of aliphatic carboxylic acids is 1. The van der Waals surface area contributed by atoms with Gasteiger partial charge in [0.2, 0.25) is 10.0 Å². The number of carbonyl (C=O) groups is 1. The zero-order valence-corrected chi connectivity index (χ0v) is 12.4. The molecule has 0 radical (unpaired) electrons. The van der Waals surface area contributed by atoms with E-state index in [0.717, 1.165) is 18.4 Å². The van der Waals surface area contributed by atoms with Crippen molar-refractivity contribution >= 4 is 16.0 Å². The average molecular weight is 299 g/mol. The Kier molecular flexibility index (Phi) is 6.67. The molecule has 0 atom stereocenters. The van der Waals surface area contributed by atoms with Crippen molar-refractivity contribution in [3.8, 4) is 0 Å². The fraction of sp³-hybridized carbons (Fsp3) is 0.500. The Balaban J connectivity index is 2.59. The van der Waals surface area contributed by atoms with Crippen molar-refractivity contribution < 1.29 is 18.3 Å². The maximum atomic E-state index is 11.8. The lowest BCUT2D eigenvalue weighted by molar-refractivity contribution is -0.135. The molecule has 0 unspecified atom stereocenters. The fourth-order valence-corrected chi connectivity index (χ4v) is 2.81. The second-order valence-electron chi connectivity index (χ2n) is 4.67. The van der Waals surface area contributed by atoms with Crippen LogP contribution >= 0.6 is 0 Å². The van der Waals surface area contributed by atoms with Gasteiger partial charge in [-0.25, -0.2) is 8.42 Å². The van der Waals surface area contributed by atoms with E-state index in [4.69, 9.17) is 5.11 Å². The Morgan fingerprint density at radius 3 is 2.35 bits per heavy atom. The van der Waals surface area contributed by atoms with Gasteiger partial charge in [-0.1, -0.05) is 38.3 Å². The van der Waals surface area contributed by atoms with Gasteiger partial charge in [0.15, 0.2) is 0 Å². The summed E-state index contributed by atoms with van der Waals surface area (Å²) in [6.45, 7) is 1.55. The number of aryl methyl sites for hydroxylation is 1. The van der Waals surface area contributed by atoms with E-state index in [0.29, 0.717) is 0 Å². The number of rotatable bonds is 9. The van der Waals surface area contributed by atoms with Gasteiger partial charge in [0, 0.05) is 0 Å². The molecule has 0 aliphatic rings. The van der Waals surface area contributed by atoms with Crippen LogP contribution in [0.4, 0.5) is 0 Å². The van der Waals surface area contributed by atoms with E-state index < -0.39 is 22.5 Å². The van der Waals surface area contributed by atoms with Crippen molar-refractivity contribution in [1.29, 1.82) is 0 Å². The van der Waals surface area contributed by atoms with Crippen LogP contribution in [-0.4, -0.2) is 26.0 Å². The highest BCUT2D eigenvalue weighted by molar-refractivity contribution is 7.89. The molecule has 1 rings (SSSR count). The minimum atomic E-state index is -3.73. The molecule has 0 amide bonds. The molecule has 1 aromatic rings. The molecule has 0 spiro atoms. The average Bonchev–Trinajstić information content (AvgIpc) is 2.42. The van der Waals surface area contributed by atoms with Crippen LogP contribution in [0.2, 0.25) is 0 Å². The van der Waals surface area contributed by atoms with Crippen molar-refractivity contribution in [1.82, 2.24) is 4.72 Å². The number of unbranched alkanes of at least 4 members (excludes halogenated alkanes) is 3. The van der Waals surface area contributed by atoms with E-state index in [1.807, 2.05) is 4.72 Å². The smallest absolute Gasteiger partial charge is 0.318 e. The van der Waals surface area contributed by atoms with Crippen LogP contribution in [-0.2, 0) is 21.2 Å². The van der Waals surface area contributed by atoms with Gasteiger partial charge in [0.1, 0.15) is 6.54 Å². The molecule has 0 fully saturated rings. The van der Waals surface area contributed by atoms with Gasteiger partial charge >= 0.3 is 5.97 Å². The van der Waals surface area contributed by atoms with Crippen LogP contribution < -0.4 is 4.72 Å². The zero-order valence-electron chi connectivity index (χ0n) is 11.6. The van der Waals surface area contributed by atoms with Gasteiger partial charge in [-0.15, -0.1) is 0 Å². The molecule has 20 heavy (non-hydrogen) atoms. The van der Waals surface area contributed by atoms with Gasteiger partial charge in [-0.05, 0) is 30.5 Å². The lowest BCUT2D eigenvalue weighted by Gasteiger charge is -2.06. The summed E-state index contributed by atoms with van der Waals surface area (Å²) >= 11 is 0. The molecule has 0 aliphatic carbocycles. The number of carboxylic acids is 1. The highest BCUT2D eigenvalue weighted by Gasteiger charge is 2.14. The minimum absolute atomic E-state index is 0.0936. The third-order valence-corrected chi connectivity index (χ3v) is 4.38. The first-order valence-electron chi connectivity index (χ1n) is 6.76. The molecule has 0 heterocycles. The highest BCUT2D eigenvalue weighted by Crippen LogP contribution is 2.13. The number of hydrogen-bond acceptors (Lipinski definition) is 3. The molecular formula is C14H21NO4S. The van der Waals surface area contributed by atoms with E-state index >= 15 is 0 Å². The Hall–Kier alpha value is -1.40. The van der Waals surface area contributed by atoms with E-state index in [2.05, 4.69) is 6.92 Å². The third-order valence-electron chi connectivity index (χ3n) is 2.97. The largest absolute Gasteiger partial charge is 0.480 e. The summed E-state index contributed by atoms with van der Waals surface area (Å²) < 4.78 is 25.6. The van der Waals surface area contributed by atoms with Crippen LogP contribution in [0.3, 0.4) is 0 Å². The lowest BCUT2D eigenvalue weighted by Crippen LogP contribution is -2.29. The zero-order chi connectivity index (χ0) is 15.0. The Morgan fingerprint density at radius 2 is 1.80 bits per heavy atom. The summed E-state index contributed by atoms with van der Waals surface area (Å²) in [6, 6.07) is 6.58. The van der Waals surface area contributed by atoms with Gasteiger partial charge in [0.25, 0.3) is 0 Å². The SMILES string of the molecule is CCCCCCc1ccc(S(=O)(=O)NCC(=O)O)cc1. The summed E-state index contributed by atoms with van der Waals surface area (Å²) in [7, 11) is -3.73. The van der Waals surface area contributed by atoms with Crippen molar-refractivity contribution in [2.24, 2.45) is 0 Å². The van der Waals surface area contributed by atoms with Gasteiger partial charge in [0.05, 0.1) is 4.90 Å². The standard InChI is InChI=1S/C14H21NO4S/c1-2-3-4-5-6-12-7-9-13(10-8-12)20(18,19)15-11-14(16)17/h7-10,15H,2-6,11H2,1H3,(H,16,17). The predicted octanol–water partition coefficient (Wildman–Crippen LogP) is 2.17. The third kappa shape index (κ3) is 5.71. The molecule has 0 saturated carbocycles. The fourth-order valence-electron chi connectivity index (χ4n) is 1.83. The molecule has 2 N–H and O–H groups in total. The molecule has 0 bridgehead atoms. The second-order valence-corrected chi connectivity index (χ2v) is 6.44. The van der Waals surface area contributed by atoms with Gasteiger partial charge < -0.3 is 5.11 Å². The van der Waals surface area contributed by atoms with Crippen LogP contribution in [0, 0.1) is 0 Å². The first-order valence-corrected chi connectivity index (χ1v) is 8.24. The molecule has 112 valence electrons. The number of carboxylic acid groups (broad SMARTS) is 1. The van der Waals surface area contributed by atoms with Crippen molar-refractivity contribution in [2.75, 3.05) is 6.54 Å². The molecule has 5 nitrogen and oxygen atoms in total. The van der Waals surface area contributed by atoms with E-state index in [1.165, 1.54) is 31.4 Å². The number of benzene rings is 1. The topological polar surface area (TPSA) is 83.5 Å². The molecule has 6 heteroatoms. The monoisotopic (exact) mass is 299 g/mol. The molecular weight excluding hydrogens is 278 g/mol. The number of nitrogens with one attached hydrogen (secondary N) is 1. The predicted molar refractivity (Wildman–Crippen MR) is 77.1 cm³/mol. The maximum Gasteiger partial charge on any atom is 0.318 e. The normalized spacial score (nSPS) is 11.4. The summed E-state index contributed by atoms with van der Waals surface area (Å²) in [6.07, 6.45) is 5.61. The quantitative estimate of drug-likeness (QED) is 0.685. The first kappa shape index (κ1) is 16.7. The van der Waals surface area contributed by atoms with Crippen molar-refractivity contribution in [3.05, 3.63) is 29.8 Å². The molecule has 0 aliphatic heterocycles. The van der Waals surface area contributed by atoms with E-state index in [1.54, 1.807) is 12.1 Å².